The monoisotopic (exact) mass is 496 g/mol. The van der Waals surface area contributed by atoms with Crippen molar-refractivity contribution in [2.45, 2.75) is 25.9 Å². The molecule has 0 aliphatic carbocycles. The summed E-state index contributed by atoms with van der Waals surface area (Å²) in [6.45, 7) is 2.25. The lowest BCUT2D eigenvalue weighted by Crippen LogP contribution is -2.23. The summed E-state index contributed by atoms with van der Waals surface area (Å²) in [5.41, 5.74) is 3.07. The van der Waals surface area contributed by atoms with Crippen LogP contribution in [0, 0.1) is 6.92 Å². The Kier molecular flexibility index (Phi) is 5.86. The molecule has 1 N–H and O–H groups in total. The molecule has 3 aromatic heterocycles. The lowest BCUT2D eigenvalue weighted by Gasteiger charge is -2.12. The molecule has 0 saturated carbocycles. The number of nitrogens with zero attached hydrogens (tertiary/aromatic N) is 3. The van der Waals surface area contributed by atoms with Gasteiger partial charge in [0.2, 0.25) is 0 Å². The van der Waals surface area contributed by atoms with Crippen molar-refractivity contribution < 1.29 is 17.9 Å². The molecule has 8 nitrogen and oxygen atoms in total. The predicted octanol–water partition coefficient (Wildman–Crippen LogP) is 3.77. The second-order valence-corrected chi connectivity index (χ2v) is 11.6. The summed E-state index contributed by atoms with van der Waals surface area (Å²) in [6.07, 6.45) is 0.479. The number of aryl methyl sites for hydroxylation is 1. The zero-order valence-corrected chi connectivity index (χ0v) is 20.4. The number of carbonyl (C=O) groups excluding carboxylic acids is 1. The maximum atomic E-state index is 13.3. The van der Waals surface area contributed by atoms with Gasteiger partial charge in [-0.2, -0.15) is 5.10 Å². The van der Waals surface area contributed by atoms with Crippen molar-refractivity contribution in [1.82, 2.24) is 20.1 Å². The lowest BCUT2D eigenvalue weighted by molar-refractivity contribution is 0.0953. The van der Waals surface area contributed by atoms with Crippen molar-refractivity contribution in [2.75, 3.05) is 18.6 Å². The first-order valence-corrected chi connectivity index (χ1v) is 13.6. The van der Waals surface area contributed by atoms with Gasteiger partial charge in [-0.1, -0.05) is 6.07 Å². The van der Waals surface area contributed by atoms with E-state index in [1.54, 1.807) is 29.2 Å². The summed E-state index contributed by atoms with van der Waals surface area (Å²) in [4.78, 5) is 19.2. The number of hydrogen-bond acceptors (Lipinski definition) is 7. The topological polar surface area (TPSA) is 103 Å². The molecule has 0 unspecified atom stereocenters. The van der Waals surface area contributed by atoms with E-state index in [2.05, 4.69) is 10.4 Å². The Balaban J connectivity index is 1.63. The largest absolute Gasteiger partial charge is 0.497 e. The molecule has 10 heteroatoms. The Morgan fingerprint density at radius 2 is 2.06 bits per heavy atom. The van der Waals surface area contributed by atoms with Crippen LogP contribution in [0.25, 0.3) is 22.3 Å². The highest BCUT2D eigenvalue weighted by Gasteiger charge is 2.32. The molecular weight excluding hydrogens is 472 g/mol. The van der Waals surface area contributed by atoms with Gasteiger partial charge in [-0.05, 0) is 55.1 Å². The Morgan fingerprint density at radius 3 is 2.71 bits per heavy atom. The van der Waals surface area contributed by atoms with Crippen LogP contribution in [-0.4, -0.2) is 47.7 Å². The first-order valence-electron chi connectivity index (χ1n) is 10.9. The third-order valence-corrected chi connectivity index (χ3v) is 8.65. The number of nitrogens with one attached hydrogen (secondary N) is 1. The van der Waals surface area contributed by atoms with Gasteiger partial charge in [0.25, 0.3) is 5.91 Å². The average Bonchev–Trinajstić information content (AvgIpc) is 3.56. The van der Waals surface area contributed by atoms with Crippen molar-refractivity contribution in [3.05, 3.63) is 64.0 Å². The zero-order chi connectivity index (χ0) is 23.9. The van der Waals surface area contributed by atoms with Crippen molar-refractivity contribution >= 4 is 38.1 Å². The van der Waals surface area contributed by atoms with E-state index < -0.39 is 9.84 Å². The quantitative estimate of drug-likeness (QED) is 0.436. The number of methoxy groups -OCH3 is 1. The summed E-state index contributed by atoms with van der Waals surface area (Å²) >= 11 is 1.58. The SMILES string of the molecule is COc1ccc(-c2cc(C(=O)NCc3cccs3)c3c(C)nn([C@@H]4CCS(=O)(=O)C4)c3n2)cc1. The molecule has 4 aromatic rings. The maximum absolute atomic E-state index is 13.3. The van der Waals surface area contributed by atoms with Gasteiger partial charge in [0, 0.05) is 10.4 Å². The maximum Gasteiger partial charge on any atom is 0.252 e. The second-order valence-electron chi connectivity index (χ2n) is 8.33. The Morgan fingerprint density at radius 1 is 1.26 bits per heavy atom. The number of ether oxygens (including phenoxy) is 1. The van der Waals surface area contributed by atoms with E-state index in [9.17, 15) is 13.2 Å². The fraction of sp³-hybridized carbons (Fsp3) is 0.292. The fourth-order valence-electron chi connectivity index (χ4n) is 4.30. The molecule has 1 aromatic carbocycles. The number of hydrogen-bond donors (Lipinski definition) is 1. The van der Waals surface area contributed by atoms with Crippen LogP contribution < -0.4 is 10.1 Å². The number of fused-ring (bicyclic) bond motifs is 1. The minimum atomic E-state index is -3.11. The number of pyridine rings is 1. The van der Waals surface area contributed by atoms with E-state index in [4.69, 9.17) is 9.72 Å². The van der Waals surface area contributed by atoms with Crippen molar-refractivity contribution in [3.63, 3.8) is 0 Å². The Bertz CT molecular complexity index is 1460. The van der Waals surface area contributed by atoms with Crippen molar-refractivity contribution in [2.24, 2.45) is 0 Å². The van der Waals surface area contributed by atoms with E-state index in [0.29, 0.717) is 41.0 Å². The summed E-state index contributed by atoms with van der Waals surface area (Å²) in [5, 5.41) is 10.3. The lowest BCUT2D eigenvalue weighted by atomic mass is 10.0. The van der Waals surface area contributed by atoms with Gasteiger partial charge >= 0.3 is 0 Å². The number of sulfone groups is 1. The normalized spacial score (nSPS) is 17.2. The van der Waals surface area contributed by atoms with E-state index in [1.165, 1.54) is 0 Å². The smallest absolute Gasteiger partial charge is 0.252 e. The molecule has 0 spiro atoms. The van der Waals surface area contributed by atoms with Gasteiger partial charge in [-0.25, -0.2) is 18.1 Å². The molecule has 5 rings (SSSR count). The Labute approximate surface area is 201 Å². The number of thiophene rings is 1. The summed E-state index contributed by atoms with van der Waals surface area (Å²) in [7, 11) is -1.51. The van der Waals surface area contributed by atoms with Crippen LogP contribution >= 0.6 is 11.3 Å². The molecule has 176 valence electrons. The number of benzene rings is 1. The summed E-state index contributed by atoms with van der Waals surface area (Å²) in [5.74, 6) is 0.648. The van der Waals surface area contributed by atoms with E-state index in [-0.39, 0.29) is 23.5 Å². The summed E-state index contributed by atoms with van der Waals surface area (Å²) in [6, 6.07) is 12.8. The van der Waals surface area contributed by atoms with Crippen LogP contribution in [0.3, 0.4) is 0 Å². The number of aromatic nitrogens is 3. The minimum absolute atomic E-state index is 0.0254. The minimum Gasteiger partial charge on any atom is -0.497 e. The van der Waals surface area contributed by atoms with Crippen molar-refractivity contribution in [3.8, 4) is 17.0 Å². The molecule has 1 aliphatic rings. The molecular formula is C24H24N4O4S2. The van der Waals surface area contributed by atoms with Crippen LogP contribution in [0.4, 0.5) is 0 Å². The van der Waals surface area contributed by atoms with Gasteiger partial charge in [0.1, 0.15) is 5.75 Å². The molecule has 1 amide bonds. The first kappa shape index (κ1) is 22.5. The fourth-order valence-corrected chi connectivity index (χ4v) is 6.64. The van der Waals surface area contributed by atoms with Gasteiger partial charge in [0.15, 0.2) is 15.5 Å². The van der Waals surface area contributed by atoms with Crippen molar-refractivity contribution in [1.29, 1.82) is 0 Å². The van der Waals surface area contributed by atoms with E-state index >= 15 is 0 Å². The van der Waals surface area contributed by atoms with Crippen LogP contribution in [0.1, 0.15) is 33.4 Å². The third-order valence-electron chi connectivity index (χ3n) is 6.02. The average molecular weight is 497 g/mol. The molecule has 1 aliphatic heterocycles. The van der Waals surface area contributed by atoms with Gasteiger partial charge in [0.05, 0.1) is 53.5 Å². The van der Waals surface area contributed by atoms with Crippen LogP contribution in [0.2, 0.25) is 0 Å². The van der Waals surface area contributed by atoms with Crippen LogP contribution in [0.15, 0.2) is 47.8 Å². The Hall–Kier alpha value is -3.24. The number of rotatable bonds is 6. The molecule has 0 bridgehead atoms. The number of amides is 1. The number of carbonyl (C=O) groups is 1. The molecule has 0 radical (unpaired) electrons. The first-order chi connectivity index (χ1) is 16.3. The molecule has 1 saturated heterocycles. The highest BCUT2D eigenvalue weighted by molar-refractivity contribution is 7.91. The van der Waals surface area contributed by atoms with Crippen LogP contribution in [-0.2, 0) is 16.4 Å². The highest BCUT2D eigenvalue weighted by atomic mass is 32.2. The molecule has 1 fully saturated rings. The second kappa shape index (κ2) is 8.84. The highest BCUT2D eigenvalue weighted by Crippen LogP contribution is 2.32. The van der Waals surface area contributed by atoms with Crippen LogP contribution in [0.5, 0.6) is 5.75 Å². The predicted molar refractivity (Wildman–Crippen MR) is 132 cm³/mol. The zero-order valence-electron chi connectivity index (χ0n) is 18.8. The van der Waals surface area contributed by atoms with E-state index in [1.807, 2.05) is 48.7 Å². The molecule has 34 heavy (non-hydrogen) atoms. The van der Waals surface area contributed by atoms with Gasteiger partial charge < -0.3 is 10.1 Å². The molecule has 4 heterocycles. The standard InChI is InChI=1S/C24H24N4O4S2/c1-15-22-20(24(29)25-13-19-4-3-10-33-19)12-21(16-5-7-18(32-2)8-6-16)26-23(22)28(27-15)17-9-11-34(30,31)14-17/h3-8,10,12,17H,9,11,13-14H2,1-2H3,(H,25,29)/t17-/m1/s1. The van der Waals surface area contributed by atoms with Gasteiger partial charge in [-0.15, -0.1) is 11.3 Å². The summed E-state index contributed by atoms with van der Waals surface area (Å²) < 4.78 is 31.2. The third kappa shape index (κ3) is 4.30. The van der Waals surface area contributed by atoms with E-state index in [0.717, 1.165) is 16.2 Å². The van der Waals surface area contributed by atoms with Gasteiger partial charge in [-0.3, -0.25) is 4.79 Å². The molecule has 1 atom stereocenters.